The molecule has 0 radical (unpaired) electrons. The highest BCUT2D eigenvalue weighted by molar-refractivity contribution is 7.98. The number of hydrogen-bond donors (Lipinski definition) is 1. The third kappa shape index (κ3) is 7.20. The number of ether oxygens (including phenoxy) is 1. The highest BCUT2D eigenvalue weighted by Gasteiger charge is 2.54. The van der Waals surface area contributed by atoms with Crippen molar-refractivity contribution in [3.8, 4) is 11.3 Å². The van der Waals surface area contributed by atoms with Gasteiger partial charge in [0.25, 0.3) is 0 Å². The van der Waals surface area contributed by atoms with E-state index in [0.29, 0.717) is 11.6 Å². The van der Waals surface area contributed by atoms with E-state index in [1.54, 1.807) is 0 Å². The molecule has 9 nitrogen and oxygen atoms in total. The molecule has 262 valence electrons. The summed E-state index contributed by atoms with van der Waals surface area (Å²) in [6, 6.07) is 8.40. The van der Waals surface area contributed by atoms with Gasteiger partial charge in [0.1, 0.15) is 30.0 Å². The molecule has 4 heterocycles. The highest BCUT2D eigenvalue weighted by Crippen LogP contribution is 2.47. The van der Waals surface area contributed by atoms with Crippen molar-refractivity contribution < 1.29 is 18.1 Å². The molecule has 1 fully saturated rings. The third-order valence-corrected chi connectivity index (χ3v) is 20.9. The summed E-state index contributed by atoms with van der Waals surface area (Å²) in [5.41, 5.74) is 12.6. The zero-order valence-corrected chi connectivity index (χ0v) is 33.9. The summed E-state index contributed by atoms with van der Waals surface area (Å²) >= 11 is 1.82. The molecule has 1 aliphatic heterocycles. The fraction of sp³-hybridized carbons (Fsp3) is 0.583. The van der Waals surface area contributed by atoms with E-state index in [0.717, 1.165) is 39.4 Å². The van der Waals surface area contributed by atoms with Gasteiger partial charge in [-0.25, -0.2) is 9.97 Å². The average Bonchev–Trinajstić information content (AvgIpc) is 3.65. The van der Waals surface area contributed by atoms with Crippen molar-refractivity contribution in [3.05, 3.63) is 59.2 Å². The smallest absolute Gasteiger partial charge is 0.192 e. The van der Waals surface area contributed by atoms with Gasteiger partial charge in [-0.2, -0.15) is 11.8 Å². The maximum Gasteiger partial charge on any atom is 0.192 e. The summed E-state index contributed by atoms with van der Waals surface area (Å²) in [4.78, 5) is 8.86. The number of benzene rings is 1. The van der Waals surface area contributed by atoms with E-state index in [4.69, 9.17) is 23.8 Å². The number of nitrogen functional groups attached to an aromatic ring is 1. The largest absolute Gasteiger partial charge is 0.408 e. The van der Waals surface area contributed by atoms with Gasteiger partial charge in [0.05, 0.1) is 17.2 Å². The third-order valence-electron chi connectivity index (χ3n) is 10.9. The normalized spacial score (nSPS) is 21.0. The van der Waals surface area contributed by atoms with E-state index in [1.165, 1.54) is 17.5 Å². The van der Waals surface area contributed by atoms with Gasteiger partial charge in [0.15, 0.2) is 28.6 Å². The Morgan fingerprint density at radius 3 is 2.17 bits per heavy atom. The van der Waals surface area contributed by atoms with Crippen LogP contribution in [-0.4, -0.2) is 60.4 Å². The second-order valence-electron chi connectivity index (χ2n) is 16.4. The molecule has 5 rings (SSSR count). The van der Waals surface area contributed by atoms with Gasteiger partial charge in [-0.15, -0.1) is 0 Å². The lowest BCUT2D eigenvalue weighted by Crippen LogP contribution is -2.53. The van der Waals surface area contributed by atoms with Gasteiger partial charge in [0.2, 0.25) is 0 Å². The van der Waals surface area contributed by atoms with Gasteiger partial charge in [-0.05, 0) is 80.3 Å². The van der Waals surface area contributed by atoms with E-state index in [9.17, 15) is 0 Å². The Morgan fingerprint density at radius 1 is 0.896 bits per heavy atom. The number of thioether (sulfide) groups is 1. The van der Waals surface area contributed by atoms with Crippen LogP contribution in [0, 0.1) is 20.8 Å². The van der Waals surface area contributed by atoms with E-state index in [1.807, 2.05) is 30.9 Å². The van der Waals surface area contributed by atoms with Crippen LogP contribution in [0.3, 0.4) is 0 Å². The minimum absolute atomic E-state index is 0.00614. The number of anilines is 1. The van der Waals surface area contributed by atoms with Crippen LogP contribution in [0.25, 0.3) is 22.4 Å². The summed E-state index contributed by atoms with van der Waals surface area (Å²) in [5.74, 6) is 2.72. The van der Waals surface area contributed by atoms with Crippen molar-refractivity contribution in [2.24, 2.45) is 0 Å². The average molecular weight is 710 g/mol. The molecule has 4 atom stereocenters. The standard InChI is InChI=1S/C36H55N5O4SSi2/c1-22-14-15-25(18-23(22)2)29-27(24(3)40-43-29)19-46-20-28-30(44-47(10,11)35(4,5)6)31(45-48(12,13)36(7,8)9)34(42-28)41-17-16-26-32(37)38-21-39-33(26)41/h14-18,21,28,30-31,34H,19-20H2,1-13H3,(H2,37,38,39)/t28-,30-,31-,34-/m1/s1. The number of aryl methyl sites for hydroxylation is 3. The summed E-state index contributed by atoms with van der Waals surface area (Å²) < 4.78 is 29.7. The van der Waals surface area contributed by atoms with Crippen LogP contribution < -0.4 is 5.73 Å². The summed E-state index contributed by atoms with van der Waals surface area (Å²) in [5, 5.41) is 5.16. The van der Waals surface area contributed by atoms with Gasteiger partial charge >= 0.3 is 0 Å². The molecular weight excluding hydrogens is 655 g/mol. The minimum Gasteiger partial charge on any atom is -0.408 e. The number of fused-ring (bicyclic) bond motifs is 1. The van der Waals surface area contributed by atoms with Crippen LogP contribution in [-0.2, 0) is 19.3 Å². The topological polar surface area (TPSA) is 110 Å². The Labute approximate surface area is 293 Å². The minimum atomic E-state index is -2.27. The van der Waals surface area contributed by atoms with E-state index >= 15 is 0 Å². The fourth-order valence-corrected chi connectivity index (χ4v) is 9.28. The summed E-state index contributed by atoms with van der Waals surface area (Å²) in [7, 11) is -4.52. The van der Waals surface area contributed by atoms with Crippen LogP contribution in [0.5, 0.6) is 0 Å². The number of rotatable bonds is 10. The van der Waals surface area contributed by atoms with Gasteiger partial charge in [-0.1, -0.05) is 58.8 Å². The maximum atomic E-state index is 7.34. The molecule has 0 saturated carbocycles. The number of hydrogen-bond acceptors (Lipinski definition) is 9. The molecule has 48 heavy (non-hydrogen) atoms. The van der Waals surface area contributed by atoms with Crippen LogP contribution in [0.4, 0.5) is 5.82 Å². The van der Waals surface area contributed by atoms with Crippen LogP contribution in [0.1, 0.15) is 70.2 Å². The van der Waals surface area contributed by atoms with E-state index in [2.05, 4.69) is 119 Å². The van der Waals surface area contributed by atoms with Gasteiger partial charge in [-0.3, -0.25) is 0 Å². The lowest BCUT2D eigenvalue weighted by atomic mass is 10.0. The Hall–Kier alpha value is -2.49. The molecule has 1 aromatic carbocycles. The molecular formula is C36H55N5O4SSi2. The first-order chi connectivity index (χ1) is 22.2. The van der Waals surface area contributed by atoms with Crippen LogP contribution in [0.15, 0.2) is 41.3 Å². The quantitative estimate of drug-likeness (QED) is 0.161. The Kier molecular flexibility index (Phi) is 10.2. The Morgan fingerprint density at radius 2 is 1.54 bits per heavy atom. The van der Waals surface area contributed by atoms with Crippen molar-refractivity contribution >= 4 is 45.2 Å². The van der Waals surface area contributed by atoms with Gasteiger partial charge < -0.3 is 28.4 Å². The van der Waals surface area contributed by atoms with Crippen molar-refractivity contribution in [1.29, 1.82) is 0 Å². The Balaban J connectivity index is 1.51. The monoisotopic (exact) mass is 709 g/mol. The first-order valence-electron chi connectivity index (χ1n) is 16.9. The van der Waals surface area contributed by atoms with Crippen molar-refractivity contribution in [3.63, 3.8) is 0 Å². The number of nitrogens with zero attached hydrogens (tertiary/aromatic N) is 4. The fourth-order valence-electron chi connectivity index (χ4n) is 5.51. The molecule has 4 aromatic rings. The van der Waals surface area contributed by atoms with Crippen LogP contribution >= 0.6 is 11.8 Å². The predicted octanol–water partition coefficient (Wildman–Crippen LogP) is 9.21. The van der Waals surface area contributed by atoms with E-state index < -0.39 is 22.9 Å². The lowest BCUT2D eigenvalue weighted by Gasteiger charge is -2.44. The van der Waals surface area contributed by atoms with Crippen molar-refractivity contribution in [1.82, 2.24) is 19.7 Å². The highest BCUT2D eigenvalue weighted by atomic mass is 32.2. The number of aromatic nitrogens is 4. The van der Waals surface area contributed by atoms with Crippen LogP contribution in [0.2, 0.25) is 36.3 Å². The molecule has 0 unspecified atom stereocenters. The molecule has 1 aliphatic rings. The maximum absolute atomic E-state index is 7.34. The molecule has 0 aliphatic carbocycles. The molecule has 12 heteroatoms. The molecule has 0 amide bonds. The molecule has 1 saturated heterocycles. The van der Waals surface area contributed by atoms with Crippen molar-refractivity contribution in [2.75, 3.05) is 11.5 Å². The first-order valence-corrected chi connectivity index (χ1v) is 23.9. The summed E-state index contributed by atoms with van der Waals surface area (Å²) in [6.07, 6.45) is 2.20. The molecule has 3 aromatic heterocycles. The second kappa shape index (κ2) is 13.3. The van der Waals surface area contributed by atoms with E-state index in [-0.39, 0.29) is 28.4 Å². The first kappa shape index (κ1) is 36.8. The number of nitrogens with two attached hydrogens (primary N) is 1. The molecule has 0 spiro atoms. The molecule has 2 N–H and O–H groups in total. The zero-order valence-electron chi connectivity index (χ0n) is 31.1. The zero-order chi connectivity index (χ0) is 35.4. The SMILES string of the molecule is Cc1ccc(-c2onc(C)c2CSC[C@H]2O[C@@H](n3ccc4c(N)ncnc43)[C@H](O[Si](C)(C)C(C)(C)C)[C@@H]2O[Si](C)(C)C(C)(C)C)cc1C. The lowest BCUT2D eigenvalue weighted by molar-refractivity contribution is -0.0244. The van der Waals surface area contributed by atoms with Crippen molar-refractivity contribution in [2.45, 2.75) is 129 Å². The Bertz CT molecular complexity index is 1760. The second-order valence-corrected chi connectivity index (χ2v) is 26.9. The summed E-state index contributed by atoms with van der Waals surface area (Å²) in [6.45, 7) is 29.1. The van der Waals surface area contributed by atoms with Gasteiger partial charge in [0, 0.05) is 28.8 Å². The predicted molar refractivity (Wildman–Crippen MR) is 202 cm³/mol. The molecule has 0 bridgehead atoms.